The highest BCUT2D eigenvalue weighted by atomic mass is 16.6. The van der Waals surface area contributed by atoms with Crippen molar-refractivity contribution < 1.29 is 23.8 Å². The summed E-state index contributed by atoms with van der Waals surface area (Å²) in [4.78, 5) is 25.5. The normalized spacial score (nSPS) is 10.4. The SMILES string of the molecule is O=C(Nc1ccccc1)Oc1cc(Oc2ccccc2)c(OC(=O)Nc2ccccc2)c2ccccc12. The summed E-state index contributed by atoms with van der Waals surface area (Å²) in [5.41, 5.74) is 1.18. The molecule has 0 saturated heterocycles. The maximum atomic E-state index is 12.8. The number of hydrogen-bond acceptors (Lipinski definition) is 5. The van der Waals surface area contributed by atoms with E-state index < -0.39 is 12.2 Å². The minimum atomic E-state index is -0.690. The number of para-hydroxylation sites is 3. The van der Waals surface area contributed by atoms with Crippen LogP contribution in [0.5, 0.6) is 23.0 Å². The summed E-state index contributed by atoms with van der Waals surface area (Å²) in [7, 11) is 0. The summed E-state index contributed by atoms with van der Waals surface area (Å²) in [6, 6.07) is 35.7. The molecule has 0 aliphatic heterocycles. The molecule has 0 unspecified atom stereocenters. The van der Waals surface area contributed by atoms with Crippen LogP contribution in [0.15, 0.2) is 121 Å². The molecular formula is C30H22N2O5. The van der Waals surface area contributed by atoms with E-state index in [2.05, 4.69) is 10.6 Å². The Kier molecular flexibility index (Phi) is 6.95. The molecule has 7 nitrogen and oxygen atoms in total. The van der Waals surface area contributed by atoms with Gasteiger partial charge in [0.25, 0.3) is 0 Å². The van der Waals surface area contributed by atoms with E-state index in [9.17, 15) is 9.59 Å². The molecule has 0 fully saturated rings. The first-order chi connectivity index (χ1) is 18.2. The number of carbonyl (C=O) groups is 2. The van der Waals surface area contributed by atoms with Crippen LogP contribution in [0.25, 0.3) is 10.8 Å². The van der Waals surface area contributed by atoms with Crippen LogP contribution in [0.2, 0.25) is 0 Å². The summed E-state index contributed by atoms with van der Waals surface area (Å²) in [5, 5.41) is 6.50. The largest absolute Gasteiger partial charge is 0.453 e. The van der Waals surface area contributed by atoms with Gasteiger partial charge in [-0.25, -0.2) is 9.59 Å². The lowest BCUT2D eigenvalue weighted by molar-refractivity contribution is 0.212. The van der Waals surface area contributed by atoms with Gasteiger partial charge in [-0.1, -0.05) is 78.9 Å². The number of anilines is 2. The predicted octanol–water partition coefficient (Wildman–Crippen LogP) is 7.85. The zero-order chi connectivity index (χ0) is 25.5. The lowest BCUT2D eigenvalue weighted by Crippen LogP contribution is -2.18. The van der Waals surface area contributed by atoms with Crippen LogP contribution in [0.3, 0.4) is 0 Å². The van der Waals surface area contributed by atoms with Crippen molar-refractivity contribution in [2.24, 2.45) is 0 Å². The van der Waals surface area contributed by atoms with Gasteiger partial charge in [0.15, 0.2) is 11.5 Å². The predicted molar refractivity (Wildman–Crippen MR) is 143 cm³/mol. The smallest absolute Gasteiger partial charge is 0.417 e. The lowest BCUT2D eigenvalue weighted by atomic mass is 10.1. The van der Waals surface area contributed by atoms with Gasteiger partial charge in [0.2, 0.25) is 0 Å². The van der Waals surface area contributed by atoms with Gasteiger partial charge in [0, 0.05) is 28.2 Å². The molecule has 0 aliphatic carbocycles. The Balaban J connectivity index is 1.51. The average molecular weight is 491 g/mol. The molecule has 0 bridgehead atoms. The molecule has 5 aromatic rings. The van der Waals surface area contributed by atoms with Gasteiger partial charge in [-0.15, -0.1) is 0 Å². The van der Waals surface area contributed by atoms with Crippen LogP contribution in [0, 0.1) is 0 Å². The number of ether oxygens (including phenoxy) is 3. The highest BCUT2D eigenvalue weighted by Crippen LogP contribution is 2.43. The van der Waals surface area contributed by atoms with Crippen LogP contribution < -0.4 is 24.8 Å². The van der Waals surface area contributed by atoms with Gasteiger partial charge >= 0.3 is 12.2 Å². The number of benzene rings is 5. The second kappa shape index (κ2) is 11.0. The second-order valence-corrected chi connectivity index (χ2v) is 7.92. The van der Waals surface area contributed by atoms with Gasteiger partial charge in [-0.05, 0) is 36.4 Å². The highest BCUT2D eigenvalue weighted by Gasteiger charge is 2.21. The molecule has 2 amide bonds. The molecule has 2 N–H and O–H groups in total. The molecule has 0 heterocycles. The maximum absolute atomic E-state index is 12.8. The van der Waals surface area contributed by atoms with E-state index in [0.717, 1.165) is 0 Å². The molecule has 37 heavy (non-hydrogen) atoms. The molecule has 5 rings (SSSR count). The standard InChI is InChI=1S/C30H22N2O5/c33-29(31-21-12-4-1-5-13-21)36-26-20-27(35-23-16-8-3-9-17-23)28(25-19-11-10-18-24(25)26)37-30(34)32-22-14-6-2-7-15-22/h1-20H,(H,31,33)(H,32,34). The van der Waals surface area contributed by atoms with E-state index in [1.165, 1.54) is 6.07 Å². The number of fused-ring (bicyclic) bond motifs is 1. The summed E-state index contributed by atoms with van der Waals surface area (Å²) in [6.07, 6.45) is -1.36. The van der Waals surface area contributed by atoms with Crippen molar-refractivity contribution in [3.8, 4) is 23.0 Å². The lowest BCUT2D eigenvalue weighted by Gasteiger charge is -2.17. The summed E-state index contributed by atoms with van der Waals surface area (Å²) < 4.78 is 17.5. The molecule has 0 saturated carbocycles. The monoisotopic (exact) mass is 490 g/mol. The Labute approximate surface area is 213 Å². The molecular weight excluding hydrogens is 468 g/mol. The number of carbonyl (C=O) groups excluding carboxylic acids is 2. The van der Waals surface area contributed by atoms with Crippen LogP contribution in [0.4, 0.5) is 21.0 Å². The van der Waals surface area contributed by atoms with Crippen LogP contribution in [0.1, 0.15) is 0 Å². The number of rotatable bonds is 6. The van der Waals surface area contributed by atoms with Crippen molar-refractivity contribution in [2.75, 3.05) is 10.6 Å². The molecule has 5 aromatic carbocycles. The first-order valence-electron chi connectivity index (χ1n) is 11.5. The van der Waals surface area contributed by atoms with Crippen molar-refractivity contribution in [3.05, 3.63) is 121 Å². The Morgan fingerprint density at radius 1 is 0.514 bits per heavy atom. The Bertz CT molecular complexity index is 1520. The number of amides is 2. The van der Waals surface area contributed by atoms with E-state index in [0.29, 0.717) is 27.9 Å². The highest BCUT2D eigenvalue weighted by molar-refractivity contribution is 6.00. The molecule has 0 atom stereocenters. The third-order valence-electron chi connectivity index (χ3n) is 5.33. The summed E-state index contributed by atoms with van der Waals surface area (Å²) in [6.45, 7) is 0. The third kappa shape index (κ3) is 5.86. The van der Waals surface area contributed by atoms with Crippen molar-refractivity contribution in [1.29, 1.82) is 0 Å². The molecule has 0 spiro atoms. The summed E-state index contributed by atoms with van der Waals surface area (Å²) in [5.74, 6) is 1.15. The number of nitrogens with one attached hydrogen (secondary N) is 2. The van der Waals surface area contributed by atoms with Crippen molar-refractivity contribution in [3.63, 3.8) is 0 Å². The second-order valence-electron chi connectivity index (χ2n) is 7.92. The Hall–Kier alpha value is -5.30. The maximum Gasteiger partial charge on any atom is 0.417 e. The number of hydrogen-bond donors (Lipinski definition) is 2. The fourth-order valence-corrected chi connectivity index (χ4v) is 3.69. The van der Waals surface area contributed by atoms with Crippen molar-refractivity contribution in [2.45, 2.75) is 0 Å². The molecule has 0 aromatic heterocycles. The van der Waals surface area contributed by atoms with Gasteiger partial charge in [0.1, 0.15) is 11.5 Å². The molecule has 7 heteroatoms. The zero-order valence-electron chi connectivity index (χ0n) is 19.6. The third-order valence-corrected chi connectivity index (χ3v) is 5.33. The first kappa shape index (κ1) is 23.4. The topological polar surface area (TPSA) is 85.9 Å². The van der Waals surface area contributed by atoms with Crippen LogP contribution in [-0.4, -0.2) is 12.2 Å². The van der Waals surface area contributed by atoms with Gasteiger partial charge in [0.05, 0.1) is 0 Å². The van der Waals surface area contributed by atoms with E-state index in [1.807, 2.05) is 54.6 Å². The Morgan fingerprint density at radius 2 is 1.00 bits per heavy atom. The average Bonchev–Trinajstić information content (AvgIpc) is 2.92. The van der Waals surface area contributed by atoms with Gasteiger partial charge in [-0.2, -0.15) is 0 Å². The van der Waals surface area contributed by atoms with Gasteiger partial charge < -0.3 is 14.2 Å². The van der Waals surface area contributed by atoms with Crippen molar-refractivity contribution in [1.82, 2.24) is 0 Å². The first-order valence-corrected chi connectivity index (χ1v) is 11.5. The van der Waals surface area contributed by atoms with Crippen LogP contribution in [-0.2, 0) is 0 Å². The minimum absolute atomic E-state index is 0.184. The zero-order valence-corrected chi connectivity index (χ0v) is 19.6. The van der Waals surface area contributed by atoms with Gasteiger partial charge in [-0.3, -0.25) is 10.6 Å². The van der Waals surface area contributed by atoms with Crippen molar-refractivity contribution >= 4 is 34.3 Å². The quantitative estimate of drug-likeness (QED) is 0.253. The van der Waals surface area contributed by atoms with E-state index in [4.69, 9.17) is 14.2 Å². The minimum Gasteiger partial charge on any atom is -0.453 e. The molecule has 182 valence electrons. The fraction of sp³-hybridized carbons (Fsp3) is 0. The van der Waals surface area contributed by atoms with E-state index in [-0.39, 0.29) is 17.2 Å². The van der Waals surface area contributed by atoms with E-state index in [1.54, 1.807) is 60.7 Å². The Morgan fingerprint density at radius 3 is 1.59 bits per heavy atom. The fourth-order valence-electron chi connectivity index (χ4n) is 3.69. The molecule has 0 radical (unpaired) electrons. The van der Waals surface area contributed by atoms with E-state index >= 15 is 0 Å². The summed E-state index contributed by atoms with van der Waals surface area (Å²) >= 11 is 0. The van der Waals surface area contributed by atoms with Crippen LogP contribution >= 0.6 is 0 Å². The molecule has 0 aliphatic rings.